The molecule has 8 N–H and O–H groups in total. The van der Waals surface area contributed by atoms with Crippen LogP contribution in [-0.4, -0.2) is 67.3 Å². The number of urea groups is 1. The van der Waals surface area contributed by atoms with E-state index in [4.69, 9.17) is 20.4 Å². The van der Waals surface area contributed by atoms with Gasteiger partial charge in [-0.2, -0.15) is 0 Å². The molecule has 0 aliphatic carbocycles. The summed E-state index contributed by atoms with van der Waals surface area (Å²) in [6.45, 7) is 0.539. The van der Waals surface area contributed by atoms with E-state index >= 15 is 0 Å². The number of aliphatic hydroxyl groups excluding tert-OH is 2. The van der Waals surface area contributed by atoms with Gasteiger partial charge in [-0.05, 0) is 13.3 Å². The quantitative estimate of drug-likeness (QED) is 0.239. The second kappa shape index (κ2) is 9.65. The number of rotatable bonds is 10. The SMILES string of the molecule is CC(O)[C@H](NC(=O)N[C@@H](CO)c1nnc([C@@H](N)CCC(=O)O)o1)C(=O)O. The van der Waals surface area contributed by atoms with Crippen molar-refractivity contribution in [3.63, 3.8) is 0 Å². The molecule has 1 aromatic rings. The Bertz CT molecular complexity index is 634. The van der Waals surface area contributed by atoms with Crippen molar-refractivity contribution in [1.29, 1.82) is 0 Å². The summed E-state index contributed by atoms with van der Waals surface area (Å²) in [5, 5.41) is 47.7. The molecule has 0 bridgehead atoms. The summed E-state index contributed by atoms with van der Waals surface area (Å²) in [6, 6.07) is -4.55. The number of hydrogen-bond acceptors (Lipinski definition) is 9. The van der Waals surface area contributed by atoms with Gasteiger partial charge in [0.1, 0.15) is 6.04 Å². The molecule has 1 heterocycles. The van der Waals surface area contributed by atoms with Crippen molar-refractivity contribution in [3.05, 3.63) is 11.8 Å². The first-order chi connectivity index (χ1) is 12.1. The molecule has 2 amide bonds. The molecule has 4 atom stereocenters. The molecule has 26 heavy (non-hydrogen) atoms. The van der Waals surface area contributed by atoms with Crippen LogP contribution in [0, 0.1) is 0 Å². The molecule has 0 radical (unpaired) electrons. The van der Waals surface area contributed by atoms with Gasteiger partial charge in [0.05, 0.1) is 18.8 Å². The van der Waals surface area contributed by atoms with Gasteiger partial charge in [-0.1, -0.05) is 0 Å². The van der Waals surface area contributed by atoms with E-state index in [-0.39, 0.29) is 24.6 Å². The Hall–Kier alpha value is -2.77. The highest BCUT2D eigenvalue weighted by molar-refractivity contribution is 5.83. The van der Waals surface area contributed by atoms with Gasteiger partial charge in [-0.25, -0.2) is 9.59 Å². The van der Waals surface area contributed by atoms with Crippen LogP contribution < -0.4 is 16.4 Å². The zero-order valence-electron chi connectivity index (χ0n) is 13.8. The maximum Gasteiger partial charge on any atom is 0.328 e. The number of nitrogens with zero attached hydrogens (tertiary/aromatic N) is 2. The second-order valence-corrected chi connectivity index (χ2v) is 5.43. The maximum absolute atomic E-state index is 11.8. The van der Waals surface area contributed by atoms with Crippen molar-refractivity contribution in [3.8, 4) is 0 Å². The summed E-state index contributed by atoms with van der Waals surface area (Å²) in [7, 11) is 0. The Labute approximate surface area is 147 Å². The van der Waals surface area contributed by atoms with Crippen molar-refractivity contribution >= 4 is 18.0 Å². The molecule has 0 spiro atoms. The fourth-order valence-corrected chi connectivity index (χ4v) is 1.85. The van der Waals surface area contributed by atoms with Gasteiger partial charge in [-0.15, -0.1) is 10.2 Å². The molecule has 13 heteroatoms. The predicted molar refractivity (Wildman–Crippen MR) is 82.7 cm³/mol. The number of carboxylic acid groups (broad SMARTS) is 2. The van der Waals surface area contributed by atoms with Crippen LogP contribution in [0.1, 0.15) is 43.6 Å². The molecular formula is C13H21N5O8. The van der Waals surface area contributed by atoms with Gasteiger partial charge >= 0.3 is 18.0 Å². The first kappa shape index (κ1) is 21.3. The third kappa shape index (κ3) is 6.27. The Morgan fingerprint density at radius 1 is 1.19 bits per heavy atom. The largest absolute Gasteiger partial charge is 0.481 e. The molecule has 1 aromatic heterocycles. The number of aliphatic carboxylic acids is 2. The molecule has 0 saturated heterocycles. The number of carbonyl (C=O) groups excluding carboxylic acids is 1. The topological polar surface area (TPSA) is 221 Å². The van der Waals surface area contributed by atoms with E-state index in [0.717, 1.165) is 0 Å². The summed E-state index contributed by atoms with van der Waals surface area (Å²) in [4.78, 5) is 33.3. The summed E-state index contributed by atoms with van der Waals surface area (Å²) >= 11 is 0. The highest BCUT2D eigenvalue weighted by Crippen LogP contribution is 2.18. The van der Waals surface area contributed by atoms with Gasteiger partial charge in [0.25, 0.3) is 0 Å². The maximum atomic E-state index is 11.8. The lowest BCUT2D eigenvalue weighted by Gasteiger charge is -2.19. The predicted octanol–water partition coefficient (Wildman–Crippen LogP) is -1.90. The molecule has 0 aliphatic heterocycles. The number of aromatic nitrogens is 2. The zero-order valence-corrected chi connectivity index (χ0v) is 13.8. The van der Waals surface area contributed by atoms with E-state index in [2.05, 4.69) is 15.5 Å². The minimum atomic E-state index is -1.56. The van der Waals surface area contributed by atoms with E-state index in [9.17, 15) is 24.6 Å². The number of carbonyl (C=O) groups is 3. The summed E-state index contributed by atoms with van der Waals surface area (Å²) in [5.74, 6) is -2.76. The summed E-state index contributed by atoms with van der Waals surface area (Å²) in [6.07, 6.45) is -1.52. The Morgan fingerprint density at radius 2 is 1.81 bits per heavy atom. The van der Waals surface area contributed by atoms with Crippen molar-refractivity contribution in [2.45, 2.75) is 44.0 Å². The number of nitrogens with two attached hydrogens (primary N) is 1. The average Bonchev–Trinajstić information content (AvgIpc) is 3.04. The van der Waals surface area contributed by atoms with Crippen molar-refractivity contribution in [2.24, 2.45) is 5.73 Å². The lowest BCUT2D eigenvalue weighted by molar-refractivity contribution is -0.142. The van der Waals surface area contributed by atoms with Crippen LogP contribution in [0.25, 0.3) is 0 Å². The van der Waals surface area contributed by atoms with Gasteiger partial charge in [-0.3, -0.25) is 4.79 Å². The second-order valence-electron chi connectivity index (χ2n) is 5.43. The first-order valence-corrected chi connectivity index (χ1v) is 7.55. The van der Waals surface area contributed by atoms with Crippen LogP contribution >= 0.6 is 0 Å². The van der Waals surface area contributed by atoms with Crippen LogP contribution in [0.2, 0.25) is 0 Å². The van der Waals surface area contributed by atoms with Gasteiger partial charge in [0.2, 0.25) is 11.8 Å². The smallest absolute Gasteiger partial charge is 0.328 e. The molecule has 0 aliphatic rings. The Balaban J connectivity index is 2.72. The molecule has 146 valence electrons. The van der Waals surface area contributed by atoms with Gasteiger partial charge in [0, 0.05) is 6.42 Å². The van der Waals surface area contributed by atoms with Crippen molar-refractivity contribution < 1.29 is 39.2 Å². The fraction of sp³-hybridized carbons (Fsp3) is 0.615. The van der Waals surface area contributed by atoms with Crippen LogP contribution in [-0.2, 0) is 9.59 Å². The molecule has 13 nitrogen and oxygen atoms in total. The lowest BCUT2D eigenvalue weighted by atomic mass is 10.2. The molecule has 0 aromatic carbocycles. The normalized spacial score (nSPS) is 15.5. The standard InChI is InChI=1S/C13H21N5O8/c1-5(20)9(12(23)24)16-13(25)15-7(4-19)11-18-17-10(26-11)6(14)2-3-8(21)22/h5-7,9,19-20H,2-4,14H2,1H3,(H,21,22)(H,23,24)(H2,15,16,25)/t5?,6-,7-,9-/m0/s1. The van der Waals surface area contributed by atoms with Crippen LogP contribution in [0.3, 0.4) is 0 Å². The van der Waals surface area contributed by atoms with Crippen LogP contribution in [0.4, 0.5) is 4.79 Å². The molecule has 1 rings (SSSR count). The molecule has 0 fully saturated rings. The number of aliphatic hydroxyl groups is 2. The van der Waals surface area contributed by atoms with E-state index in [1.807, 2.05) is 5.32 Å². The Morgan fingerprint density at radius 3 is 2.31 bits per heavy atom. The number of hydrogen-bond donors (Lipinski definition) is 7. The van der Waals surface area contributed by atoms with Gasteiger partial charge in [0.15, 0.2) is 6.04 Å². The highest BCUT2D eigenvalue weighted by Gasteiger charge is 2.28. The fourth-order valence-electron chi connectivity index (χ4n) is 1.85. The van der Waals surface area contributed by atoms with Crippen LogP contribution in [0.5, 0.6) is 0 Å². The summed E-state index contributed by atoms with van der Waals surface area (Å²) < 4.78 is 5.22. The number of carboxylic acids is 2. The molecule has 0 saturated carbocycles. The zero-order chi connectivity index (χ0) is 19.9. The monoisotopic (exact) mass is 375 g/mol. The molecule has 1 unspecified atom stereocenters. The van der Waals surface area contributed by atoms with E-state index in [1.165, 1.54) is 6.92 Å². The number of nitrogens with one attached hydrogen (secondary N) is 2. The third-order valence-corrected chi connectivity index (χ3v) is 3.26. The third-order valence-electron chi connectivity index (χ3n) is 3.26. The lowest BCUT2D eigenvalue weighted by Crippen LogP contribution is -2.52. The molecular weight excluding hydrogens is 354 g/mol. The average molecular weight is 375 g/mol. The van der Waals surface area contributed by atoms with Crippen molar-refractivity contribution in [2.75, 3.05) is 6.61 Å². The first-order valence-electron chi connectivity index (χ1n) is 7.55. The minimum absolute atomic E-state index is 0.0450. The van der Waals surface area contributed by atoms with E-state index in [1.54, 1.807) is 0 Å². The van der Waals surface area contributed by atoms with Crippen LogP contribution in [0.15, 0.2) is 4.42 Å². The van der Waals surface area contributed by atoms with E-state index < -0.39 is 48.8 Å². The summed E-state index contributed by atoms with van der Waals surface area (Å²) in [5.41, 5.74) is 5.72. The van der Waals surface area contributed by atoms with E-state index in [0.29, 0.717) is 0 Å². The Kier molecular flexibility index (Phi) is 7.89. The highest BCUT2D eigenvalue weighted by atomic mass is 16.4. The van der Waals surface area contributed by atoms with Crippen molar-refractivity contribution in [1.82, 2.24) is 20.8 Å². The number of amides is 2. The minimum Gasteiger partial charge on any atom is -0.481 e. The van der Waals surface area contributed by atoms with Gasteiger partial charge < -0.3 is 41.2 Å².